The first-order valence-corrected chi connectivity index (χ1v) is 8.26. The zero-order chi connectivity index (χ0) is 18.0. The van der Waals surface area contributed by atoms with Crippen molar-refractivity contribution in [1.82, 2.24) is 25.1 Å². The van der Waals surface area contributed by atoms with Crippen LogP contribution in [0.1, 0.15) is 25.8 Å². The number of amides is 1. The first-order chi connectivity index (χ1) is 11.9. The molecule has 0 radical (unpaired) electrons. The molecule has 1 aromatic carbocycles. The fraction of sp³-hybridized carbons (Fsp3) is 0.471. The highest BCUT2D eigenvalue weighted by molar-refractivity contribution is 5.82. The van der Waals surface area contributed by atoms with Crippen LogP contribution >= 0.6 is 0 Å². The van der Waals surface area contributed by atoms with E-state index in [1.807, 2.05) is 38.1 Å². The van der Waals surface area contributed by atoms with Crippen molar-refractivity contribution in [1.29, 1.82) is 0 Å². The monoisotopic (exact) mass is 343 g/mol. The summed E-state index contributed by atoms with van der Waals surface area (Å²) in [6.45, 7) is 4.58. The van der Waals surface area contributed by atoms with Gasteiger partial charge >= 0.3 is 5.97 Å². The molecule has 2 aromatic rings. The van der Waals surface area contributed by atoms with Gasteiger partial charge in [-0.1, -0.05) is 26.0 Å². The molecule has 2 heterocycles. The van der Waals surface area contributed by atoms with E-state index in [0.29, 0.717) is 13.0 Å². The lowest BCUT2D eigenvalue weighted by molar-refractivity contribution is -0.151. The molecule has 1 aliphatic rings. The molecule has 25 heavy (non-hydrogen) atoms. The van der Waals surface area contributed by atoms with Gasteiger partial charge < -0.3 is 10.0 Å². The number of aliphatic carboxylic acids is 1. The lowest BCUT2D eigenvalue weighted by atomic mass is 9.76. The SMILES string of the molecule is CC(C)C1(C(=O)O)CCN(C(=O)Cc2ccc(-n3cnnn3)cc2)C1. The number of likely N-dealkylation sites (tertiary alicyclic amines) is 1. The summed E-state index contributed by atoms with van der Waals surface area (Å²) in [6, 6.07) is 7.41. The molecule has 132 valence electrons. The number of tetrazole rings is 1. The number of rotatable bonds is 5. The number of carbonyl (C=O) groups is 2. The van der Waals surface area contributed by atoms with Gasteiger partial charge in [0.15, 0.2) is 0 Å². The largest absolute Gasteiger partial charge is 0.481 e. The number of carboxylic acids is 1. The van der Waals surface area contributed by atoms with Crippen molar-refractivity contribution >= 4 is 11.9 Å². The molecule has 3 rings (SSSR count). The Hall–Kier alpha value is -2.77. The Kier molecular flexibility index (Phi) is 4.52. The second-order valence-electron chi connectivity index (χ2n) is 6.78. The Morgan fingerprint density at radius 2 is 2.00 bits per heavy atom. The van der Waals surface area contributed by atoms with Gasteiger partial charge in [0.25, 0.3) is 0 Å². The van der Waals surface area contributed by atoms with Gasteiger partial charge in [0, 0.05) is 13.1 Å². The van der Waals surface area contributed by atoms with Crippen LogP contribution in [0.4, 0.5) is 0 Å². The van der Waals surface area contributed by atoms with E-state index in [1.165, 1.54) is 11.0 Å². The first kappa shape index (κ1) is 17.1. The average Bonchev–Trinajstić information content (AvgIpc) is 3.26. The van der Waals surface area contributed by atoms with Gasteiger partial charge in [-0.25, -0.2) is 4.68 Å². The summed E-state index contributed by atoms with van der Waals surface area (Å²) in [5.41, 5.74) is 0.853. The minimum absolute atomic E-state index is 0.0154. The van der Waals surface area contributed by atoms with E-state index in [4.69, 9.17) is 0 Å². The maximum absolute atomic E-state index is 12.6. The smallest absolute Gasteiger partial charge is 0.311 e. The Bertz CT molecular complexity index is 757. The van der Waals surface area contributed by atoms with Crippen molar-refractivity contribution in [3.05, 3.63) is 36.2 Å². The topological polar surface area (TPSA) is 101 Å². The normalized spacial score (nSPS) is 20.2. The summed E-state index contributed by atoms with van der Waals surface area (Å²) in [7, 11) is 0. The van der Waals surface area contributed by atoms with Crippen molar-refractivity contribution in [2.75, 3.05) is 13.1 Å². The molecule has 1 saturated heterocycles. The molecule has 1 atom stereocenters. The average molecular weight is 343 g/mol. The lowest BCUT2D eigenvalue weighted by Crippen LogP contribution is -2.41. The van der Waals surface area contributed by atoms with Crippen LogP contribution in [0, 0.1) is 11.3 Å². The summed E-state index contributed by atoms with van der Waals surface area (Å²) in [5, 5.41) is 20.6. The molecule has 0 aliphatic carbocycles. The number of hydrogen-bond donors (Lipinski definition) is 1. The number of benzene rings is 1. The van der Waals surface area contributed by atoms with Crippen LogP contribution in [0.2, 0.25) is 0 Å². The van der Waals surface area contributed by atoms with E-state index in [-0.39, 0.29) is 24.8 Å². The Morgan fingerprint density at radius 1 is 1.28 bits per heavy atom. The van der Waals surface area contributed by atoms with Crippen LogP contribution in [-0.4, -0.2) is 55.2 Å². The standard InChI is InChI=1S/C17H21N5O3/c1-12(2)17(16(24)25)7-8-21(10-17)15(23)9-13-3-5-14(6-4-13)22-11-18-19-20-22/h3-6,11-12H,7-10H2,1-2H3,(H,24,25). The number of aromatic nitrogens is 4. The fourth-order valence-electron chi connectivity index (χ4n) is 3.27. The van der Waals surface area contributed by atoms with Gasteiger partial charge in [0.2, 0.25) is 5.91 Å². The highest BCUT2D eigenvalue weighted by Gasteiger charge is 2.48. The van der Waals surface area contributed by atoms with E-state index in [9.17, 15) is 14.7 Å². The van der Waals surface area contributed by atoms with Crippen molar-refractivity contribution in [3.8, 4) is 5.69 Å². The minimum Gasteiger partial charge on any atom is -0.481 e. The third-order valence-corrected chi connectivity index (χ3v) is 5.09. The van der Waals surface area contributed by atoms with Crippen LogP contribution in [0.5, 0.6) is 0 Å². The van der Waals surface area contributed by atoms with E-state index < -0.39 is 11.4 Å². The van der Waals surface area contributed by atoms with Crippen LogP contribution in [0.25, 0.3) is 5.69 Å². The quantitative estimate of drug-likeness (QED) is 0.874. The van der Waals surface area contributed by atoms with E-state index >= 15 is 0 Å². The van der Waals surface area contributed by atoms with Crippen molar-refractivity contribution < 1.29 is 14.7 Å². The highest BCUT2D eigenvalue weighted by Crippen LogP contribution is 2.38. The van der Waals surface area contributed by atoms with Gasteiger partial charge in [-0.3, -0.25) is 9.59 Å². The zero-order valence-corrected chi connectivity index (χ0v) is 14.3. The molecule has 1 aliphatic heterocycles. The summed E-state index contributed by atoms with van der Waals surface area (Å²) in [5.74, 6) is -0.874. The Balaban J connectivity index is 1.66. The molecule has 1 N–H and O–H groups in total. The van der Waals surface area contributed by atoms with Crippen LogP contribution in [-0.2, 0) is 16.0 Å². The van der Waals surface area contributed by atoms with Crippen LogP contribution in [0.3, 0.4) is 0 Å². The molecule has 1 aromatic heterocycles. The zero-order valence-electron chi connectivity index (χ0n) is 14.3. The van der Waals surface area contributed by atoms with Gasteiger partial charge in [-0.05, 0) is 40.5 Å². The van der Waals surface area contributed by atoms with Crippen molar-refractivity contribution in [2.24, 2.45) is 11.3 Å². The second-order valence-corrected chi connectivity index (χ2v) is 6.78. The molecule has 1 amide bonds. The van der Waals surface area contributed by atoms with Gasteiger partial charge in [-0.15, -0.1) is 5.10 Å². The summed E-state index contributed by atoms with van der Waals surface area (Å²) < 4.78 is 1.54. The lowest BCUT2D eigenvalue weighted by Gasteiger charge is -2.28. The van der Waals surface area contributed by atoms with Gasteiger partial charge in [0.1, 0.15) is 6.33 Å². The van der Waals surface area contributed by atoms with Crippen molar-refractivity contribution in [3.63, 3.8) is 0 Å². The molecule has 1 unspecified atom stereocenters. The molecule has 8 heteroatoms. The fourth-order valence-corrected chi connectivity index (χ4v) is 3.27. The maximum Gasteiger partial charge on any atom is 0.311 e. The third kappa shape index (κ3) is 3.24. The molecular weight excluding hydrogens is 322 g/mol. The number of carboxylic acid groups (broad SMARTS) is 1. The summed E-state index contributed by atoms with van der Waals surface area (Å²) in [6.07, 6.45) is 2.26. The molecule has 1 fully saturated rings. The summed E-state index contributed by atoms with van der Waals surface area (Å²) in [4.78, 5) is 25.9. The molecule has 8 nitrogen and oxygen atoms in total. The molecule has 0 saturated carbocycles. The minimum atomic E-state index is -0.834. The number of hydrogen-bond acceptors (Lipinski definition) is 5. The van der Waals surface area contributed by atoms with Gasteiger partial charge in [0.05, 0.1) is 17.5 Å². The van der Waals surface area contributed by atoms with E-state index in [0.717, 1.165) is 11.3 Å². The Labute approximate surface area is 145 Å². The molecular formula is C17H21N5O3. The highest BCUT2D eigenvalue weighted by atomic mass is 16.4. The first-order valence-electron chi connectivity index (χ1n) is 8.26. The second kappa shape index (κ2) is 6.62. The third-order valence-electron chi connectivity index (χ3n) is 5.09. The molecule has 0 spiro atoms. The van der Waals surface area contributed by atoms with Crippen LogP contribution < -0.4 is 0 Å². The van der Waals surface area contributed by atoms with E-state index in [1.54, 1.807) is 4.90 Å². The van der Waals surface area contributed by atoms with Gasteiger partial charge in [-0.2, -0.15) is 0 Å². The maximum atomic E-state index is 12.6. The summed E-state index contributed by atoms with van der Waals surface area (Å²) >= 11 is 0. The van der Waals surface area contributed by atoms with Crippen LogP contribution in [0.15, 0.2) is 30.6 Å². The number of carbonyl (C=O) groups excluding carboxylic acids is 1. The van der Waals surface area contributed by atoms with E-state index in [2.05, 4.69) is 15.5 Å². The predicted molar refractivity (Wildman–Crippen MR) is 89.0 cm³/mol. The van der Waals surface area contributed by atoms with Crippen molar-refractivity contribution in [2.45, 2.75) is 26.7 Å². The number of nitrogens with zero attached hydrogens (tertiary/aromatic N) is 5. The Morgan fingerprint density at radius 3 is 2.52 bits per heavy atom. The predicted octanol–water partition coefficient (Wildman–Crippen LogP) is 1.16. The molecule has 0 bridgehead atoms.